The lowest BCUT2D eigenvalue weighted by Crippen LogP contribution is -2.34. The van der Waals surface area contributed by atoms with Gasteiger partial charge < -0.3 is 5.21 Å². The zero-order chi connectivity index (χ0) is 8.43. The minimum atomic E-state index is 0.146. The third-order valence-corrected chi connectivity index (χ3v) is 1.70. The van der Waals surface area contributed by atoms with Crippen molar-refractivity contribution in [3.05, 3.63) is 34.3 Å². The lowest BCUT2D eigenvalue weighted by atomic mass is 10.2. The molecule has 0 aromatic carbocycles. The fourth-order valence-electron chi connectivity index (χ4n) is 0.816. The molecule has 0 aliphatic rings. The topological polar surface area (TPSA) is 50.7 Å². The second-order valence-corrected chi connectivity index (χ2v) is 2.39. The van der Waals surface area contributed by atoms with E-state index in [9.17, 15) is 5.21 Å². The molecule has 1 rings (SSSR count). The summed E-state index contributed by atoms with van der Waals surface area (Å²) in [6, 6.07) is 5.10. The molecule has 1 heterocycles. The highest BCUT2D eigenvalue weighted by Gasteiger charge is 2.08. The molecule has 11 heavy (non-hydrogen) atoms. The number of rotatable bonds is 0. The van der Waals surface area contributed by atoms with Crippen molar-refractivity contribution in [1.82, 2.24) is 0 Å². The van der Waals surface area contributed by atoms with Gasteiger partial charge in [0.1, 0.15) is 0 Å². The van der Waals surface area contributed by atoms with Crippen LogP contribution in [0, 0.1) is 30.4 Å². The van der Waals surface area contributed by atoms with Crippen LogP contribution in [-0.2, 0) is 0 Å². The Balaban J connectivity index is 3.40. The summed E-state index contributed by atoms with van der Waals surface area (Å²) in [5.41, 5.74) is 1.64. The minimum Gasteiger partial charge on any atom is -0.618 e. The average Bonchev–Trinajstić information content (AvgIpc) is 2.01. The van der Waals surface area contributed by atoms with Gasteiger partial charge in [-0.1, -0.05) is 0 Å². The van der Waals surface area contributed by atoms with Crippen LogP contribution in [0.15, 0.2) is 12.1 Å². The van der Waals surface area contributed by atoms with E-state index in [1.807, 2.05) is 13.0 Å². The van der Waals surface area contributed by atoms with Crippen molar-refractivity contribution in [2.75, 3.05) is 0 Å². The molecule has 0 N–H and O–H groups in total. The van der Waals surface area contributed by atoms with E-state index < -0.39 is 0 Å². The van der Waals surface area contributed by atoms with Crippen molar-refractivity contribution in [2.24, 2.45) is 0 Å². The SMILES string of the molecule is Cc1ccc(C#N)[n+]([O-])c1C. The van der Waals surface area contributed by atoms with Crippen LogP contribution in [0.25, 0.3) is 0 Å². The van der Waals surface area contributed by atoms with Crippen molar-refractivity contribution < 1.29 is 4.73 Å². The van der Waals surface area contributed by atoms with Gasteiger partial charge >= 0.3 is 0 Å². The molecule has 0 bridgehead atoms. The van der Waals surface area contributed by atoms with Gasteiger partial charge in [0.2, 0.25) is 0 Å². The molecule has 0 aliphatic carbocycles. The van der Waals surface area contributed by atoms with Crippen LogP contribution in [0.3, 0.4) is 0 Å². The van der Waals surface area contributed by atoms with Crippen molar-refractivity contribution in [3.8, 4) is 6.07 Å². The number of nitriles is 1. The quantitative estimate of drug-likeness (QED) is 0.403. The van der Waals surface area contributed by atoms with E-state index in [0.717, 1.165) is 5.56 Å². The Labute approximate surface area is 65.1 Å². The fraction of sp³-hybridized carbons (Fsp3) is 0.250. The van der Waals surface area contributed by atoms with Crippen LogP contribution in [0.2, 0.25) is 0 Å². The van der Waals surface area contributed by atoms with Gasteiger partial charge in [-0.3, -0.25) is 0 Å². The van der Waals surface area contributed by atoms with E-state index in [0.29, 0.717) is 10.4 Å². The maximum atomic E-state index is 11.1. The Morgan fingerprint density at radius 1 is 1.45 bits per heavy atom. The Bertz CT molecular complexity index is 326. The number of hydrogen-bond donors (Lipinski definition) is 0. The molecular weight excluding hydrogens is 140 g/mol. The van der Waals surface area contributed by atoms with Crippen molar-refractivity contribution in [2.45, 2.75) is 13.8 Å². The normalized spacial score (nSPS) is 9.18. The number of hydrogen-bond acceptors (Lipinski definition) is 2. The van der Waals surface area contributed by atoms with Crippen LogP contribution in [0.1, 0.15) is 17.0 Å². The average molecular weight is 148 g/mol. The molecule has 0 spiro atoms. The molecule has 3 heteroatoms. The van der Waals surface area contributed by atoms with Crippen LogP contribution in [-0.4, -0.2) is 0 Å². The summed E-state index contributed by atoms with van der Waals surface area (Å²) in [7, 11) is 0. The van der Waals surface area contributed by atoms with Crippen LogP contribution < -0.4 is 4.73 Å². The van der Waals surface area contributed by atoms with Gasteiger partial charge in [0.25, 0.3) is 5.69 Å². The van der Waals surface area contributed by atoms with Gasteiger partial charge in [-0.2, -0.15) is 9.99 Å². The third-order valence-electron chi connectivity index (χ3n) is 1.70. The Hall–Kier alpha value is -1.56. The largest absolute Gasteiger partial charge is 0.618 e. The monoisotopic (exact) mass is 148 g/mol. The van der Waals surface area contributed by atoms with Gasteiger partial charge in [0.05, 0.1) is 0 Å². The van der Waals surface area contributed by atoms with Crippen molar-refractivity contribution in [1.29, 1.82) is 5.26 Å². The van der Waals surface area contributed by atoms with Gasteiger partial charge in [-0.15, -0.1) is 0 Å². The summed E-state index contributed by atoms with van der Waals surface area (Å²) in [4.78, 5) is 0. The minimum absolute atomic E-state index is 0.146. The van der Waals surface area contributed by atoms with Gasteiger partial charge in [0.15, 0.2) is 11.8 Å². The number of nitrogens with zero attached hydrogens (tertiary/aromatic N) is 2. The van der Waals surface area contributed by atoms with E-state index in [4.69, 9.17) is 5.26 Å². The summed E-state index contributed by atoms with van der Waals surface area (Å²) in [5.74, 6) is 0. The molecular formula is C8H8N2O. The Morgan fingerprint density at radius 3 is 2.64 bits per heavy atom. The molecule has 0 aliphatic heterocycles. The van der Waals surface area contributed by atoms with E-state index in [1.54, 1.807) is 13.0 Å². The zero-order valence-corrected chi connectivity index (χ0v) is 6.46. The third kappa shape index (κ3) is 1.15. The number of pyridine rings is 1. The molecule has 0 fully saturated rings. The van der Waals surface area contributed by atoms with Crippen molar-refractivity contribution >= 4 is 0 Å². The van der Waals surface area contributed by atoms with Gasteiger partial charge in [-0.05, 0) is 13.0 Å². The molecule has 1 aromatic heterocycles. The Kier molecular flexibility index (Phi) is 1.77. The smallest absolute Gasteiger partial charge is 0.294 e. The van der Waals surface area contributed by atoms with Crippen LogP contribution in [0.5, 0.6) is 0 Å². The maximum absolute atomic E-state index is 11.1. The van der Waals surface area contributed by atoms with E-state index >= 15 is 0 Å². The Morgan fingerprint density at radius 2 is 2.09 bits per heavy atom. The first-order valence-corrected chi connectivity index (χ1v) is 3.26. The summed E-state index contributed by atoms with van der Waals surface area (Å²) in [5, 5.41) is 19.6. The fourth-order valence-corrected chi connectivity index (χ4v) is 0.816. The molecule has 1 aromatic rings. The zero-order valence-electron chi connectivity index (χ0n) is 6.46. The molecule has 0 saturated carbocycles. The first kappa shape index (κ1) is 7.55. The highest BCUT2D eigenvalue weighted by molar-refractivity contribution is 5.21. The van der Waals surface area contributed by atoms with E-state index in [2.05, 4.69) is 0 Å². The van der Waals surface area contributed by atoms with Gasteiger partial charge in [0, 0.05) is 18.6 Å². The summed E-state index contributed by atoms with van der Waals surface area (Å²) in [6.45, 7) is 3.54. The highest BCUT2D eigenvalue weighted by Crippen LogP contribution is 2.01. The summed E-state index contributed by atoms with van der Waals surface area (Å²) in [6.07, 6.45) is 0. The second-order valence-electron chi connectivity index (χ2n) is 2.39. The lowest BCUT2D eigenvalue weighted by molar-refractivity contribution is -0.615. The summed E-state index contributed by atoms with van der Waals surface area (Å²) >= 11 is 0. The lowest BCUT2D eigenvalue weighted by Gasteiger charge is -2.03. The van der Waals surface area contributed by atoms with Crippen LogP contribution >= 0.6 is 0 Å². The standard InChI is InChI=1S/C8H8N2O/c1-6-3-4-8(5-9)10(11)7(6)2/h3-4H,1-2H3. The van der Waals surface area contributed by atoms with Gasteiger partial charge in [-0.25, -0.2) is 0 Å². The molecule has 0 amide bonds. The second kappa shape index (κ2) is 2.59. The molecule has 3 nitrogen and oxygen atoms in total. The number of aromatic nitrogens is 1. The summed E-state index contributed by atoms with van der Waals surface area (Å²) < 4.78 is 0.648. The predicted molar refractivity (Wildman–Crippen MR) is 39.6 cm³/mol. The first-order chi connectivity index (χ1) is 5.16. The molecule has 56 valence electrons. The highest BCUT2D eigenvalue weighted by atomic mass is 16.5. The molecule has 0 unspecified atom stereocenters. The molecule has 0 saturated heterocycles. The van der Waals surface area contributed by atoms with E-state index in [1.165, 1.54) is 6.07 Å². The maximum Gasteiger partial charge on any atom is 0.294 e. The molecule has 0 radical (unpaired) electrons. The number of aryl methyl sites for hydroxylation is 1. The van der Waals surface area contributed by atoms with Crippen molar-refractivity contribution in [3.63, 3.8) is 0 Å². The van der Waals surface area contributed by atoms with E-state index in [-0.39, 0.29) is 5.69 Å². The van der Waals surface area contributed by atoms with Crippen LogP contribution in [0.4, 0.5) is 0 Å². The predicted octanol–water partition coefficient (Wildman–Crippen LogP) is 0.809. The molecule has 0 atom stereocenters. The first-order valence-electron chi connectivity index (χ1n) is 3.26.